The van der Waals surface area contributed by atoms with Gasteiger partial charge in [0, 0.05) is 18.1 Å². The maximum atomic E-state index is 12.5. The Kier molecular flexibility index (Phi) is 3.76. The lowest BCUT2D eigenvalue weighted by Gasteiger charge is -2.28. The molecule has 3 rings (SSSR count). The van der Waals surface area contributed by atoms with Gasteiger partial charge in [-0.15, -0.1) is 0 Å². The molecule has 5 nitrogen and oxygen atoms in total. The number of carboxylic acid groups (broad SMARTS) is 1. The van der Waals surface area contributed by atoms with Crippen LogP contribution >= 0.6 is 11.6 Å². The zero-order valence-corrected chi connectivity index (χ0v) is 12.2. The summed E-state index contributed by atoms with van der Waals surface area (Å²) in [6.45, 7) is 1.14. The molecular weight excluding hydrogens is 294 g/mol. The SMILES string of the molecule is O=C(O)C1CCN(C(=O)C2COc3ccc(Cl)cc3C2)C1. The van der Waals surface area contributed by atoms with Crippen molar-refractivity contribution in [3.05, 3.63) is 28.8 Å². The number of benzene rings is 1. The molecule has 1 N–H and O–H groups in total. The number of rotatable bonds is 2. The first-order chi connectivity index (χ1) is 10.0. The highest BCUT2D eigenvalue weighted by Gasteiger charge is 2.35. The molecule has 2 aliphatic rings. The van der Waals surface area contributed by atoms with Crippen molar-refractivity contribution in [3.8, 4) is 5.75 Å². The molecule has 1 fully saturated rings. The molecule has 1 amide bonds. The molecule has 0 radical (unpaired) electrons. The van der Waals surface area contributed by atoms with Gasteiger partial charge < -0.3 is 14.7 Å². The van der Waals surface area contributed by atoms with E-state index in [9.17, 15) is 9.59 Å². The maximum absolute atomic E-state index is 12.5. The van der Waals surface area contributed by atoms with Gasteiger partial charge in [-0.25, -0.2) is 0 Å². The van der Waals surface area contributed by atoms with Crippen molar-refractivity contribution in [1.82, 2.24) is 4.90 Å². The van der Waals surface area contributed by atoms with Crippen molar-refractivity contribution in [2.24, 2.45) is 11.8 Å². The molecule has 21 heavy (non-hydrogen) atoms. The third-order valence-electron chi connectivity index (χ3n) is 4.13. The molecule has 0 saturated carbocycles. The van der Waals surface area contributed by atoms with Crippen LogP contribution in [0.5, 0.6) is 5.75 Å². The van der Waals surface area contributed by atoms with E-state index in [1.165, 1.54) is 0 Å². The van der Waals surface area contributed by atoms with Crippen molar-refractivity contribution in [2.45, 2.75) is 12.8 Å². The minimum absolute atomic E-state index is 0.0237. The molecule has 112 valence electrons. The van der Waals surface area contributed by atoms with Crippen LogP contribution in [0, 0.1) is 11.8 Å². The fourth-order valence-electron chi connectivity index (χ4n) is 2.94. The molecule has 0 spiro atoms. The number of carbonyl (C=O) groups is 2. The number of ether oxygens (including phenoxy) is 1. The van der Waals surface area contributed by atoms with Gasteiger partial charge in [-0.1, -0.05) is 11.6 Å². The van der Waals surface area contributed by atoms with Crippen LogP contribution in [0.25, 0.3) is 0 Å². The van der Waals surface area contributed by atoms with E-state index < -0.39 is 11.9 Å². The van der Waals surface area contributed by atoms with Crippen molar-refractivity contribution >= 4 is 23.5 Å². The standard InChI is InChI=1S/C15H16ClNO4/c16-12-1-2-13-10(6-12)5-11(8-21-13)14(18)17-4-3-9(7-17)15(19)20/h1-2,6,9,11H,3-5,7-8H2,(H,19,20). The van der Waals surface area contributed by atoms with Crippen LogP contribution in [-0.2, 0) is 16.0 Å². The first-order valence-corrected chi connectivity index (χ1v) is 7.35. The van der Waals surface area contributed by atoms with Gasteiger partial charge in [0.25, 0.3) is 0 Å². The lowest BCUT2D eigenvalue weighted by molar-refractivity contribution is -0.141. The van der Waals surface area contributed by atoms with Crippen LogP contribution in [-0.4, -0.2) is 41.6 Å². The van der Waals surface area contributed by atoms with Crippen molar-refractivity contribution < 1.29 is 19.4 Å². The van der Waals surface area contributed by atoms with Crippen LogP contribution in [0.4, 0.5) is 0 Å². The summed E-state index contributed by atoms with van der Waals surface area (Å²) in [6.07, 6.45) is 1.11. The summed E-state index contributed by atoms with van der Waals surface area (Å²) in [4.78, 5) is 25.1. The summed E-state index contributed by atoms with van der Waals surface area (Å²) >= 11 is 5.97. The lowest BCUT2D eigenvalue weighted by Crippen LogP contribution is -2.40. The molecule has 1 aromatic carbocycles. The Balaban J connectivity index is 1.69. The van der Waals surface area contributed by atoms with Gasteiger partial charge in [0.05, 0.1) is 11.8 Å². The number of likely N-dealkylation sites (tertiary alicyclic amines) is 1. The van der Waals surface area contributed by atoms with E-state index in [1.807, 2.05) is 12.1 Å². The molecule has 1 aromatic rings. The third kappa shape index (κ3) is 2.83. The molecule has 2 aliphatic heterocycles. The van der Waals surface area contributed by atoms with E-state index in [1.54, 1.807) is 11.0 Å². The van der Waals surface area contributed by atoms with E-state index in [0.29, 0.717) is 37.6 Å². The normalized spacial score (nSPS) is 24.3. The zero-order valence-electron chi connectivity index (χ0n) is 11.4. The van der Waals surface area contributed by atoms with E-state index in [4.69, 9.17) is 21.4 Å². The molecule has 0 aliphatic carbocycles. The number of carbonyl (C=O) groups excluding carboxylic acids is 1. The molecule has 2 unspecified atom stereocenters. The summed E-state index contributed by atoms with van der Waals surface area (Å²) < 4.78 is 5.62. The average molecular weight is 310 g/mol. The Labute approximate surface area is 127 Å². The lowest BCUT2D eigenvalue weighted by atomic mass is 9.95. The first kappa shape index (κ1) is 14.2. The van der Waals surface area contributed by atoms with Gasteiger partial charge in [-0.2, -0.15) is 0 Å². The largest absolute Gasteiger partial charge is 0.492 e. The van der Waals surface area contributed by atoms with Gasteiger partial charge in [0.15, 0.2) is 0 Å². The molecule has 2 atom stereocenters. The van der Waals surface area contributed by atoms with Crippen LogP contribution in [0.15, 0.2) is 18.2 Å². The summed E-state index contributed by atoms with van der Waals surface area (Å²) in [5, 5.41) is 9.63. The second-order valence-electron chi connectivity index (χ2n) is 5.57. The Hall–Kier alpha value is -1.75. The topological polar surface area (TPSA) is 66.8 Å². The number of hydrogen-bond donors (Lipinski definition) is 1. The Bertz CT molecular complexity index is 589. The molecule has 1 saturated heterocycles. The number of fused-ring (bicyclic) bond motifs is 1. The van der Waals surface area contributed by atoms with Crippen molar-refractivity contribution in [1.29, 1.82) is 0 Å². The number of aliphatic carboxylic acids is 1. The second kappa shape index (κ2) is 5.56. The summed E-state index contributed by atoms with van der Waals surface area (Å²) in [5.74, 6) is -0.788. The fourth-order valence-corrected chi connectivity index (χ4v) is 3.14. The Morgan fingerprint density at radius 2 is 2.14 bits per heavy atom. The molecule has 2 heterocycles. The number of carboxylic acids is 1. The van der Waals surface area contributed by atoms with E-state index in [0.717, 1.165) is 11.3 Å². The van der Waals surface area contributed by atoms with Crippen LogP contribution in [0.2, 0.25) is 5.02 Å². The predicted octanol–water partition coefficient (Wildman–Crippen LogP) is 1.82. The van der Waals surface area contributed by atoms with Crippen LogP contribution in [0.1, 0.15) is 12.0 Å². The smallest absolute Gasteiger partial charge is 0.308 e. The van der Waals surface area contributed by atoms with Crippen molar-refractivity contribution in [2.75, 3.05) is 19.7 Å². The minimum atomic E-state index is -0.831. The van der Waals surface area contributed by atoms with E-state index in [2.05, 4.69) is 0 Å². The Morgan fingerprint density at radius 3 is 2.86 bits per heavy atom. The Morgan fingerprint density at radius 1 is 1.33 bits per heavy atom. The number of hydrogen-bond acceptors (Lipinski definition) is 3. The average Bonchev–Trinajstić information content (AvgIpc) is 2.95. The third-order valence-corrected chi connectivity index (χ3v) is 4.36. The molecular formula is C15H16ClNO4. The van der Waals surface area contributed by atoms with Gasteiger partial charge in [0.1, 0.15) is 12.4 Å². The zero-order chi connectivity index (χ0) is 15.0. The van der Waals surface area contributed by atoms with Crippen LogP contribution < -0.4 is 4.74 Å². The van der Waals surface area contributed by atoms with Gasteiger partial charge in [-0.05, 0) is 36.6 Å². The van der Waals surface area contributed by atoms with Gasteiger partial charge in [0.2, 0.25) is 5.91 Å². The van der Waals surface area contributed by atoms with E-state index in [-0.39, 0.29) is 11.8 Å². The van der Waals surface area contributed by atoms with Gasteiger partial charge >= 0.3 is 5.97 Å². The highest BCUT2D eigenvalue weighted by Crippen LogP contribution is 2.31. The summed E-state index contributed by atoms with van der Waals surface area (Å²) in [7, 11) is 0. The van der Waals surface area contributed by atoms with Crippen LogP contribution in [0.3, 0.4) is 0 Å². The fraction of sp³-hybridized carbons (Fsp3) is 0.467. The first-order valence-electron chi connectivity index (χ1n) is 6.97. The molecule has 6 heteroatoms. The van der Waals surface area contributed by atoms with E-state index >= 15 is 0 Å². The van der Waals surface area contributed by atoms with Crippen molar-refractivity contribution in [3.63, 3.8) is 0 Å². The number of halogens is 1. The highest BCUT2D eigenvalue weighted by molar-refractivity contribution is 6.30. The minimum Gasteiger partial charge on any atom is -0.492 e. The monoisotopic (exact) mass is 309 g/mol. The molecule has 0 bridgehead atoms. The predicted molar refractivity (Wildman–Crippen MR) is 76.5 cm³/mol. The highest BCUT2D eigenvalue weighted by atomic mass is 35.5. The maximum Gasteiger partial charge on any atom is 0.308 e. The number of amides is 1. The summed E-state index contributed by atoms with van der Waals surface area (Å²) in [5.41, 5.74) is 0.932. The quantitative estimate of drug-likeness (QED) is 0.905. The summed E-state index contributed by atoms with van der Waals surface area (Å²) in [6, 6.07) is 5.40. The number of nitrogens with zero attached hydrogens (tertiary/aromatic N) is 1. The molecule has 0 aromatic heterocycles. The van der Waals surface area contributed by atoms with Gasteiger partial charge in [-0.3, -0.25) is 9.59 Å². The second-order valence-corrected chi connectivity index (χ2v) is 6.01.